The number of benzene rings is 2. The van der Waals surface area contributed by atoms with Crippen LogP contribution in [0.5, 0.6) is 0 Å². The molecule has 0 saturated heterocycles. The molecule has 0 heterocycles. The van der Waals surface area contributed by atoms with Crippen molar-refractivity contribution < 1.29 is 4.79 Å². The Morgan fingerprint density at radius 3 is 2.40 bits per heavy atom. The molecule has 1 saturated carbocycles. The summed E-state index contributed by atoms with van der Waals surface area (Å²) in [7, 11) is 4.16. The molecular formula is C22H28N2O. The Morgan fingerprint density at radius 2 is 1.72 bits per heavy atom. The zero-order chi connectivity index (χ0) is 17.6. The zero-order valence-corrected chi connectivity index (χ0v) is 15.3. The van der Waals surface area contributed by atoms with Crippen LogP contribution in [0.2, 0.25) is 0 Å². The number of hydrogen-bond acceptors (Lipinski definition) is 2. The smallest absolute Gasteiger partial charge is 0.223 e. The van der Waals surface area contributed by atoms with Gasteiger partial charge in [-0.1, -0.05) is 61.4 Å². The zero-order valence-electron chi connectivity index (χ0n) is 15.3. The van der Waals surface area contributed by atoms with Crippen LogP contribution < -0.4 is 5.32 Å². The summed E-state index contributed by atoms with van der Waals surface area (Å²) in [5.41, 5.74) is 4.88. The van der Waals surface area contributed by atoms with E-state index in [2.05, 4.69) is 66.8 Å². The molecule has 0 bridgehead atoms. The van der Waals surface area contributed by atoms with Crippen molar-refractivity contribution in [1.29, 1.82) is 0 Å². The second kappa shape index (κ2) is 8.30. The maximum Gasteiger partial charge on any atom is 0.223 e. The van der Waals surface area contributed by atoms with Crippen LogP contribution >= 0.6 is 0 Å². The van der Waals surface area contributed by atoms with Crippen LogP contribution in [0.4, 0.5) is 0 Å². The van der Waals surface area contributed by atoms with Gasteiger partial charge in [-0.25, -0.2) is 0 Å². The second-order valence-corrected chi connectivity index (χ2v) is 7.29. The van der Waals surface area contributed by atoms with Crippen LogP contribution in [0.1, 0.15) is 36.8 Å². The van der Waals surface area contributed by atoms with Crippen molar-refractivity contribution in [1.82, 2.24) is 10.2 Å². The number of rotatable bonds is 6. The Labute approximate surface area is 151 Å². The third-order valence-electron chi connectivity index (χ3n) is 4.96. The van der Waals surface area contributed by atoms with Gasteiger partial charge in [-0.2, -0.15) is 0 Å². The fourth-order valence-corrected chi connectivity index (χ4v) is 3.63. The summed E-state index contributed by atoms with van der Waals surface area (Å²) < 4.78 is 0. The molecule has 3 rings (SSSR count). The standard InChI is InChI=1S/C22H28N2O/c1-24(2)16-17-11-13-18(14-12-17)21-10-6-5-9-20(21)15-23-22(25)19-7-3-4-8-19/h5-6,9-14,19H,3-4,7-8,15-16H2,1-2H3,(H,23,25). The molecule has 3 nitrogen and oxygen atoms in total. The highest BCUT2D eigenvalue weighted by Crippen LogP contribution is 2.26. The van der Waals surface area contributed by atoms with Crippen LogP contribution in [0.25, 0.3) is 11.1 Å². The number of nitrogens with zero attached hydrogens (tertiary/aromatic N) is 1. The lowest BCUT2D eigenvalue weighted by atomic mass is 9.98. The van der Waals surface area contributed by atoms with Gasteiger partial charge in [-0.15, -0.1) is 0 Å². The van der Waals surface area contributed by atoms with Crippen molar-refractivity contribution in [2.75, 3.05) is 14.1 Å². The highest BCUT2D eigenvalue weighted by Gasteiger charge is 2.22. The first-order valence-electron chi connectivity index (χ1n) is 9.23. The topological polar surface area (TPSA) is 32.3 Å². The number of nitrogens with one attached hydrogen (secondary N) is 1. The highest BCUT2D eigenvalue weighted by molar-refractivity contribution is 5.79. The minimum atomic E-state index is 0.216. The quantitative estimate of drug-likeness (QED) is 0.856. The molecular weight excluding hydrogens is 308 g/mol. The normalized spacial score (nSPS) is 14.8. The summed E-state index contributed by atoms with van der Waals surface area (Å²) in [6.45, 7) is 1.55. The summed E-state index contributed by atoms with van der Waals surface area (Å²) in [5.74, 6) is 0.436. The molecule has 0 unspecified atom stereocenters. The average molecular weight is 336 g/mol. The molecule has 1 aliphatic carbocycles. The molecule has 3 heteroatoms. The molecule has 1 N–H and O–H groups in total. The van der Waals surface area contributed by atoms with E-state index in [1.165, 1.54) is 35.1 Å². The summed E-state index contributed by atoms with van der Waals surface area (Å²) in [5, 5.41) is 3.14. The Morgan fingerprint density at radius 1 is 1.04 bits per heavy atom. The van der Waals surface area contributed by atoms with Gasteiger partial charge < -0.3 is 10.2 Å². The molecule has 1 fully saturated rings. The van der Waals surface area contributed by atoms with E-state index in [9.17, 15) is 4.79 Å². The molecule has 0 spiro atoms. The van der Waals surface area contributed by atoms with Crippen LogP contribution in [-0.2, 0) is 17.9 Å². The van der Waals surface area contributed by atoms with E-state index in [0.717, 1.165) is 19.4 Å². The highest BCUT2D eigenvalue weighted by atomic mass is 16.1. The molecule has 2 aromatic rings. The lowest BCUT2D eigenvalue weighted by molar-refractivity contribution is -0.124. The Hall–Kier alpha value is -2.13. The van der Waals surface area contributed by atoms with Gasteiger partial charge in [-0.3, -0.25) is 4.79 Å². The van der Waals surface area contributed by atoms with Crippen LogP contribution in [0.3, 0.4) is 0 Å². The van der Waals surface area contributed by atoms with Gasteiger partial charge in [0, 0.05) is 19.0 Å². The lowest BCUT2D eigenvalue weighted by Gasteiger charge is -2.14. The molecule has 0 atom stereocenters. The van der Waals surface area contributed by atoms with Crippen LogP contribution in [0.15, 0.2) is 48.5 Å². The summed E-state index contributed by atoms with van der Waals surface area (Å²) >= 11 is 0. The number of carbonyl (C=O) groups excluding carboxylic acids is 1. The Balaban J connectivity index is 1.70. The molecule has 132 valence electrons. The fourth-order valence-electron chi connectivity index (χ4n) is 3.63. The van der Waals surface area contributed by atoms with Gasteiger partial charge >= 0.3 is 0 Å². The largest absolute Gasteiger partial charge is 0.352 e. The number of amides is 1. The number of carbonyl (C=O) groups is 1. The van der Waals surface area contributed by atoms with Gasteiger partial charge in [0.1, 0.15) is 0 Å². The SMILES string of the molecule is CN(C)Cc1ccc(-c2ccccc2CNC(=O)C2CCCC2)cc1. The molecule has 25 heavy (non-hydrogen) atoms. The van der Waals surface area contributed by atoms with E-state index in [1.54, 1.807) is 0 Å². The van der Waals surface area contributed by atoms with Crippen molar-refractivity contribution in [2.24, 2.45) is 5.92 Å². The van der Waals surface area contributed by atoms with E-state index >= 15 is 0 Å². The van der Waals surface area contributed by atoms with Gasteiger partial charge in [0.25, 0.3) is 0 Å². The molecule has 0 aromatic heterocycles. The summed E-state index contributed by atoms with van der Waals surface area (Å²) in [6.07, 6.45) is 4.46. The average Bonchev–Trinajstić information content (AvgIpc) is 3.15. The van der Waals surface area contributed by atoms with Crippen molar-refractivity contribution in [2.45, 2.75) is 38.8 Å². The third-order valence-corrected chi connectivity index (χ3v) is 4.96. The molecule has 0 radical (unpaired) electrons. The van der Waals surface area contributed by atoms with Crippen molar-refractivity contribution >= 4 is 5.91 Å². The van der Waals surface area contributed by atoms with Crippen molar-refractivity contribution in [3.05, 3.63) is 59.7 Å². The minimum absolute atomic E-state index is 0.216. The lowest BCUT2D eigenvalue weighted by Crippen LogP contribution is -2.28. The van der Waals surface area contributed by atoms with E-state index in [4.69, 9.17) is 0 Å². The first-order valence-corrected chi connectivity index (χ1v) is 9.23. The Kier molecular flexibility index (Phi) is 5.87. The molecule has 0 aliphatic heterocycles. The van der Waals surface area contributed by atoms with Gasteiger partial charge in [-0.05, 0) is 49.2 Å². The maximum absolute atomic E-state index is 12.3. The van der Waals surface area contributed by atoms with E-state index < -0.39 is 0 Å². The van der Waals surface area contributed by atoms with E-state index in [1.807, 2.05) is 6.07 Å². The van der Waals surface area contributed by atoms with Crippen LogP contribution in [0, 0.1) is 5.92 Å². The monoisotopic (exact) mass is 336 g/mol. The van der Waals surface area contributed by atoms with Crippen molar-refractivity contribution in [3.8, 4) is 11.1 Å². The fraction of sp³-hybridized carbons (Fsp3) is 0.409. The van der Waals surface area contributed by atoms with Crippen LogP contribution in [-0.4, -0.2) is 24.9 Å². The van der Waals surface area contributed by atoms with E-state index in [0.29, 0.717) is 6.54 Å². The predicted molar refractivity (Wildman–Crippen MR) is 103 cm³/mol. The summed E-state index contributed by atoms with van der Waals surface area (Å²) in [4.78, 5) is 14.5. The summed E-state index contributed by atoms with van der Waals surface area (Å²) in [6, 6.07) is 17.1. The Bertz CT molecular complexity index is 700. The maximum atomic E-state index is 12.3. The van der Waals surface area contributed by atoms with Gasteiger partial charge in [0.15, 0.2) is 0 Å². The van der Waals surface area contributed by atoms with Gasteiger partial charge in [0.2, 0.25) is 5.91 Å². The molecule has 1 aliphatic rings. The first kappa shape index (κ1) is 17.7. The van der Waals surface area contributed by atoms with Crippen molar-refractivity contribution in [3.63, 3.8) is 0 Å². The number of hydrogen-bond donors (Lipinski definition) is 1. The molecule has 2 aromatic carbocycles. The van der Waals surface area contributed by atoms with Gasteiger partial charge in [0.05, 0.1) is 0 Å². The molecule has 1 amide bonds. The first-order chi connectivity index (χ1) is 12.1. The third kappa shape index (κ3) is 4.70. The second-order valence-electron chi connectivity index (χ2n) is 7.29. The predicted octanol–water partition coefficient (Wildman–Crippen LogP) is 4.22. The minimum Gasteiger partial charge on any atom is -0.352 e. The van der Waals surface area contributed by atoms with E-state index in [-0.39, 0.29) is 11.8 Å².